The molecule has 5 aliphatic heterocycles. The minimum atomic E-state index is -2.00. The van der Waals surface area contributed by atoms with Gasteiger partial charge in [0, 0.05) is 34.6 Å². The summed E-state index contributed by atoms with van der Waals surface area (Å²) in [5.41, 5.74) is 0. The van der Waals surface area contributed by atoms with Crippen molar-refractivity contribution < 1.29 is 128 Å². The van der Waals surface area contributed by atoms with E-state index in [2.05, 4.69) is 26.6 Å². The van der Waals surface area contributed by atoms with E-state index in [9.17, 15) is 85.3 Å². The Labute approximate surface area is 404 Å². The van der Waals surface area contributed by atoms with Gasteiger partial charge in [0.1, 0.15) is 122 Å². The van der Waals surface area contributed by atoms with Gasteiger partial charge in [-0.3, -0.25) is 24.0 Å². The van der Waals surface area contributed by atoms with E-state index in [4.69, 9.17) is 42.6 Å². The number of hydrogen-bond acceptors (Lipinski definition) is 26. The van der Waals surface area contributed by atoms with Gasteiger partial charge >= 0.3 is 0 Å². The van der Waals surface area contributed by atoms with Crippen LogP contribution in [-0.4, -0.2) is 277 Å². The number of aliphatic hydroxyl groups is 12. The summed E-state index contributed by atoms with van der Waals surface area (Å²) in [4.78, 5) is 61.6. The summed E-state index contributed by atoms with van der Waals surface area (Å²) in [6.45, 7) is 0.679. The maximum Gasteiger partial charge on any atom is 0.217 e. The molecule has 408 valence electrons. The Morgan fingerprint density at radius 2 is 0.563 bits per heavy atom. The first-order valence-electron chi connectivity index (χ1n) is 22.6. The van der Waals surface area contributed by atoms with Gasteiger partial charge in [0.2, 0.25) is 29.5 Å². The molecule has 0 aliphatic carbocycles. The summed E-state index contributed by atoms with van der Waals surface area (Å²) in [6, 6.07) is -8.07. The smallest absolute Gasteiger partial charge is 0.217 e. The van der Waals surface area contributed by atoms with Gasteiger partial charge in [0.05, 0.1) is 33.0 Å². The molecule has 5 aliphatic rings. The zero-order chi connectivity index (χ0) is 52.8. The average Bonchev–Trinajstić information content (AvgIpc) is 3.30. The van der Waals surface area contributed by atoms with Crippen LogP contribution in [0, 0.1) is 0 Å². The van der Waals surface area contributed by atoms with Gasteiger partial charge in [-0.1, -0.05) is 0 Å². The molecule has 0 spiro atoms. The van der Waals surface area contributed by atoms with Gasteiger partial charge in [-0.2, -0.15) is 0 Å². The van der Waals surface area contributed by atoms with Crippen LogP contribution in [0.2, 0.25) is 0 Å². The van der Waals surface area contributed by atoms with Gasteiger partial charge in [-0.25, -0.2) is 0 Å². The second-order valence-corrected chi connectivity index (χ2v) is 17.6. The highest BCUT2D eigenvalue weighted by atomic mass is 16.8. The number of carbonyl (C=O) groups excluding carboxylic acids is 5. The van der Waals surface area contributed by atoms with Crippen LogP contribution in [-0.2, 0) is 66.6 Å². The largest absolute Gasteiger partial charge is 0.394 e. The summed E-state index contributed by atoms with van der Waals surface area (Å²) < 4.78 is 52.9. The van der Waals surface area contributed by atoms with Crippen molar-refractivity contribution in [3.05, 3.63) is 0 Å². The molecule has 5 fully saturated rings. The first kappa shape index (κ1) is 58.4. The first-order chi connectivity index (χ1) is 33.5. The van der Waals surface area contributed by atoms with Crippen LogP contribution in [0.1, 0.15) is 34.6 Å². The molecule has 5 amide bonds. The summed E-state index contributed by atoms with van der Waals surface area (Å²) in [5, 5.41) is 142. The Morgan fingerprint density at radius 3 is 0.831 bits per heavy atom. The summed E-state index contributed by atoms with van der Waals surface area (Å²) in [5.74, 6) is -3.78. The number of aliphatic hydroxyl groups excluding tert-OH is 12. The number of hydrogen-bond donors (Lipinski definition) is 17. The van der Waals surface area contributed by atoms with Crippen LogP contribution in [0.3, 0.4) is 0 Å². The third-order valence-electron chi connectivity index (χ3n) is 12.3. The van der Waals surface area contributed by atoms with Gasteiger partial charge in [-0.05, 0) is 0 Å². The van der Waals surface area contributed by atoms with Crippen molar-refractivity contribution in [2.75, 3.05) is 33.0 Å². The maximum absolute atomic E-state index is 12.7. The van der Waals surface area contributed by atoms with Crippen LogP contribution in [0.4, 0.5) is 0 Å². The summed E-state index contributed by atoms with van der Waals surface area (Å²) in [6.07, 6.45) is -35.1. The van der Waals surface area contributed by atoms with E-state index in [0.717, 1.165) is 34.6 Å². The number of nitrogens with one attached hydrogen (secondary N) is 5. The van der Waals surface area contributed by atoms with E-state index in [-0.39, 0.29) is 0 Å². The molecule has 25 atom stereocenters. The van der Waals surface area contributed by atoms with E-state index in [0.29, 0.717) is 0 Å². The molecular formula is C40H67N5O26. The quantitative estimate of drug-likeness (QED) is 0.0606. The molecule has 71 heavy (non-hydrogen) atoms. The van der Waals surface area contributed by atoms with Crippen LogP contribution >= 0.6 is 0 Å². The van der Waals surface area contributed by atoms with E-state index < -0.39 is 216 Å². The van der Waals surface area contributed by atoms with Crippen LogP contribution in [0.5, 0.6) is 0 Å². The molecule has 0 radical (unpaired) electrons. The Hall–Kier alpha value is -3.49. The summed E-state index contributed by atoms with van der Waals surface area (Å²) >= 11 is 0. The fourth-order valence-electron chi connectivity index (χ4n) is 9.07. The van der Waals surface area contributed by atoms with Crippen LogP contribution in [0.25, 0.3) is 0 Å². The molecule has 5 heterocycles. The van der Waals surface area contributed by atoms with Gasteiger partial charge in [0.15, 0.2) is 31.5 Å². The molecule has 0 bridgehead atoms. The fourth-order valence-corrected chi connectivity index (χ4v) is 9.07. The second-order valence-electron chi connectivity index (χ2n) is 17.6. The van der Waals surface area contributed by atoms with Crippen LogP contribution < -0.4 is 26.6 Å². The predicted molar refractivity (Wildman–Crippen MR) is 225 cm³/mol. The molecule has 5 rings (SSSR count). The monoisotopic (exact) mass is 1030 g/mol. The number of ether oxygens (including phenoxy) is 9. The Bertz CT molecular complexity index is 1790. The second kappa shape index (κ2) is 25.6. The Morgan fingerprint density at radius 1 is 0.338 bits per heavy atom. The topological polar surface area (TPSA) is 471 Å². The van der Waals surface area contributed by atoms with Crippen molar-refractivity contribution in [1.29, 1.82) is 0 Å². The average molecular weight is 1030 g/mol. The predicted octanol–water partition coefficient (Wildman–Crippen LogP) is -11.2. The molecule has 0 aromatic rings. The zero-order valence-corrected chi connectivity index (χ0v) is 39.1. The molecule has 0 aromatic carbocycles. The maximum atomic E-state index is 12.7. The van der Waals surface area contributed by atoms with Crippen molar-refractivity contribution in [2.45, 2.75) is 188 Å². The Balaban J connectivity index is 1.39. The normalized spacial score (nSPS) is 43.9. The SMILES string of the molecule is CC(=O)N[C@@H]1[C@@H](O)[C@H](O[C@@H]2O[C@H](CO)[C@@H](O[C@@H]3O[C@H](CO)[C@@H](O[C@H]4O[C@H](CO)[C@@H](O[C@@H]5O[C@H](CO)[C@@H](O)[C@H](O)[C@H]5NC(C)=O)[C@H](O)[C@H]4NC(C)=O)[C@H](O)[C@H]3NC(C)=O)[C@H](O)[C@H]2NC(C)=O)[C@@H](CO)O[C@@H]1O. The van der Waals surface area contributed by atoms with E-state index >= 15 is 0 Å². The molecule has 31 heteroatoms. The van der Waals surface area contributed by atoms with Gasteiger partial charge in [-0.15, -0.1) is 0 Å². The van der Waals surface area contributed by atoms with Crippen molar-refractivity contribution in [2.24, 2.45) is 0 Å². The van der Waals surface area contributed by atoms with Crippen molar-refractivity contribution >= 4 is 29.5 Å². The minimum Gasteiger partial charge on any atom is -0.394 e. The van der Waals surface area contributed by atoms with E-state index in [1.807, 2.05) is 0 Å². The minimum absolute atomic E-state index is 0.688. The number of amides is 5. The van der Waals surface area contributed by atoms with Gasteiger partial charge in [0.25, 0.3) is 0 Å². The first-order valence-corrected chi connectivity index (χ1v) is 22.6. The highest BCUT2D eigenvalue weighted by molar-refractivity contribution is 5.75. The number of rotatable bonds is 18. The van der Waals surface area contributed by atoms with Crippen molar-refractivity contribution in [3.63, 3.8) is 0 Å². The lowest BCUT2D eigenvalue weighted by Gasteiger charge is -2.51. The molecule has 0 saturated carbocycles. The molecule has 31 nitrogen and oxygen atoms in total. The molecule has 0 unspecified atom stereocenters. The lowest BCUT2D eigenvalue weighted by molar-refractivity contribution is -0.367. The molecule has 0 aromatic heterocycles. The van der Waals surface area contributed by atoms with Crippen molar-refractivity contribution in [1.82, 2.24) is 26.6 Å². The molecule has 5 saturated heterocycles. The molecule has 17 N–H and O–H groups in total. The third-order valence-corrected chi connectivity index (χ3v) is 12.3. The number of carbonyl (C=O) groups is 5. The van der Waals surface area contributed by atoms with E-state index in [1.165, 1.54) is 0 Å². The Kier molecular flexibility index (Phi) is 21.1. The fraction of sp³-hybridized carbons (Fsp3) is 0.875. The molecular weight excluding hydrogens is 966 g/mol. The highest BCUT2D eigenvalue weighted by Crippen LogP contribution is 2.36. The van der Waals surface area contributed by atoms with Gasteiger partial charge < -0.3 is 130 Å². The summed E-state index contributed by atoms with van der Waals surface area (Å²) in [7, 11) is 0. The van der Waals surface area contributed by atoms with Crippen LogP contribution in [0.15, 0.2) is 0 Å². The highest BCUT2D eigenvalue weighted by Gasteiger charge is 2.57. The lowest BCUT2D eigenvalue weighted by atomic mass is 9.93. The van der Waals surface area contributed by atoms with Crippen molar-refractivity contribution in [3.8, 4) is 0 Å². The zero-order valence-electron chi connectivity index (χ0n) is 39.1. The third kappa shape index (κ3) is 13.6. The van der Waals surface area contributed by atoms with E-state index in [1.54, 1.807) is 0 Å². The lowest BCUT2D eigenvalue weighted by Crippen LogP contribution is -2.72. The standard InChI is InChI=1S/C40H67N5O26/c1-11(51)41-21-28(58)32(17(7-47)63-36(21)62)68-38-23(43-13(3)53)30(60)34(19(9-49)65-38)70-40-25(45-15(5)55)31(61)35(20(10-50)67-40)71-39-24(44-14(4)54)29(59)33(18(8-48)66-39)69-37-22(42-12(2)52)27(57)26(56)16(6-46)64-37/h16-40,46-50,56-62H,6-10H2,1-5H3,(H,41,51)(H,42,52)(H,43,53)(H,44,54)(H,45,55)/t16-,17-,18-,19-,20-,21-,22-,23-,24-,25-,26-,27-,28-,29-,30-,31-,32-,33-,34-,35-,36+,37+,38+,39-,40+/m1/s1.